The van der Waals surface area contributed by atoms with Crippen LogP contribution in [0.3, 0.4) is 0 Å². The van der Waals surface area contributed by atoms with Crippen LogP contribution in [0, 0.1) is 0 Å². The van der Waals surface area contributed by atoms with Gasteiger partial charge < -0.3 is 5.32 Å². The van der Waals surface area contributed by atoms with E-state index in [4.69, 9.17) is 0 Å². The van der Waals surface area contributed by atoms with Gasteiger partial charge in [0, 0.05) is 23.7 Å². The third kappa shape index (κ3) is 3.61. The highest BCUT2D eigenvalue weighted by Gasteiger charge is 2.27. The summed E-state index contributed by atoms with van der Waals surface area (Å²) in [5.74, 6) is 0. The van der Waals surface area contributed by atoms with Crippen LogP contribution in [0.5, 0.6) is 0 Å². The van der Waals surface area contributed by atoms with Gasteiger partial charge in [-0.2, -0.15) is 0 Å². The minimum absolute atomic E-state index is 0.0140. The molecule has 2 heterocycles. The lowest BCUT2D eigenvalue weighted by atomic mass is 9.89. The normalized spacial score (nSPS) is 13.4. The maximum absolute atomic E-state index is 4.43. The molecular weight excluding hydrogens is 268 g/mol. The Morgan fingerprint density at radius 2 is 2.10 bits per heavy atom. The molecule has 4 nitrogen and oxygen atoms in total. The number of hydrogen-bond donors (Lipinski definition) is 1. The summed E-state index contributed by atoms with van der Waals surface area (Å²) in [6.45, 7) is 9.57. The van der Waals surface area contributed by atoms with Gasteiger partial charge in [0.1, 0.15) is 0 Å². The monoisotopic (exact) mass is 290 g/mol. The van der Waals surface area contributed by atoms with Crippen LogP contribution in [0.25, 0.3) is 0 Å². The molecule has 0 radical (unpaired) electrons. The molecule has 1 N–H and O–H groups in total. The van der Waals surface area contributed by atoms with E-state index in [1.165, 1.54) is 16.4 Å². The highest BCUT2D eigenvalue weighted by Crippen LogP contribution is 2.31. The Hall–Kier alpha value is -1.33. The quantitative estimate of drug-likeness (QED) is 0.919. The van der Waals surface area contributed by atoms with Crippen LogP contribution in [0.2, 0.25) is 0 Å². The molecule has 0 amide bonds. The van der Waals surface area contributed by atoms with Crippen molar-refractivity contribution in [2.45, 2.75) is 45.6 Å². The van der Waals surface area contributed by atoms with Crippen molar-refractivity contribution in [3.05, 3.63) is 40.7 Å². The molecule has 0 saturated carbocycles. The van der Waals surface area contributed by atoms with Crippen LogP contribution >= 0.6 is 11.5 Å². The molecule has 0 bridgehead atoms. The molecule has 0 fully saturated rings. The molecular formula is C15H22N4S. The summed E-state index contributed by atoms with van der Waals surface area (Å²) < 4.78 is 4.16. The van der Waals surface area contributed by atoms with Crippen molar-refractivity contribution in [1.82, 2.24) is 19.9 Å². The standard InChI is InChI=1S/C15H22N4S/c1-5-16-12(10-11-8-6-7-9-17-11)13-14(15(2,3)4)18-19-20-13/h6-9,12,16H,5,10H2,1-4H3. The Balaban J connectivity index is 2.27. The van der Waals surface area contributed by atoms with Gasteiger partial charge in [-0.3, -0.25) is 4.98 Å². The van der Waals surface area contributed by atoms with E-state index in [2.05, 4.69) is 53.6 Å². The molecule has 0 aliphatic carbocycles. The van der Waals surface area contributed by atoms with E-state index >= 15 is 0 Å². The smallest absolute Gasteiger partial charge is 0.0857 e. The summed E-state index contributed by atoms with van der Waals surface area (Å²) in [6.07, 6.45) is 2.70. The number of likely N-dealkylation sites (N-methyl/N-ethyl adjacent to an activating group) is 1. The SMILES string of the molecule is CCNC(Cc1ccccn1)c1snnc1C(C)(C)C. The molecule has 2 rings (SSSR count). The fraction of sp³-hybridized carbons (Fsp3) is 0.533. The highest BCUT2D eigenvalue weighted by atomic mass is 32.1. The van der Waals surface area contributed by atoms with E-state index < -0.39 is 0 Å². The van der Waals surface area contributed by atoms with Crippen LogP contribution in [0.4, 0.5) is 0 Å². The van der Waals surface area contributed by atoms with Crippen LogP contribution in [-0.4, -0.2) is 21.1 Å². The summed E-state index contributed by atoms with van der Waals surface area (Å²) in [7, 11) is 0. The zero-order chi connectivity index (χ0) is 14.6. The molecule has 0 aliphatic heterocycles. The van der Waals surface area contributed by atoms with E-state index in [1.807, 2.05) is 18.3 Å². The molecule has 108 valence electrons. The van der Waals surface area contributed by atoms with Gasteiger partial charge >= 0.3 is 0 Å². The maximum atomic E-state index is 4.43. The van der Waals surface area contributed by atoms with Gasteiger partial charge in [0.25, 0.3) is 0 Å². The molecule has 0 aromatic carbocycles. The van der Waals surface area contributed by atoms with Gasteiger partial charge in [-0.25, -0.2) is 0 Å². The molecule has 2 aromatic heterocycles. The minimum atomic E-state index is 0.0140. The molecule has 20 heavy (non-hydrogen) atoms. The second-order valence-corrected chi connectivity index (χ2v) is 6.66. The Bertz CT molecular complexity index is 530. The lowest BCUT2D eigenvalue weighted by molar-refractivity contribution is 0.512. The number of nitrogens with one attached hydrogen (secondary N) is 1. The topological polar surface area (TPSA) is 50.7 Å². The van der Waals surface area contributed by atoms with Crippen molar-refractivity contribution in [3.8, 4) is 0 Å². The average Bonchev–Trinajstić information content (AvgIpc) is 2.88. The largest absolute Gasteiger partial charge is 0.309 e. The second kappa shape index (κ2) is 6.41. The zero-order valence-corrected chi connectivity index (χ0v) is 13.4. The molecule has 0 spiro atoms. The molecule has 5 heteroatoms. The summed E-state index contributed by atoms with van der Waals surface area (Å²) >= 11 is 1.49. The van der Waals surface area contributed by atoms with Gasteiger partial charge in [0.15, 0.2) is 0 Å². The van der Waals surface area contributed by atoms with E-state index in [-0.39, 0.29) is 11.5 Å². The molecule has 0 aliphatic rings. The maximum Gasteiger partial charge on any atom is 0.0857 e. The second-order valence-electron chi connectivity index (χ2n) is 5.87. The van der Waals surface area contributed by atoms with Crippen LogP contribution in [-0.2, 0) is 11.8 Å². The van der Waals surface area contributed by atoms with E-state index in [9.17, 15) is 0 Å². The number of aromatic nitrogens is 3. The van der Waals surface area contributed by atoms with Crippen molar-refractivity contribution in [2.75, 3.05) is 6.54 Å². The number of pyridine rings is 1. The minimum Gasteiger partial charge on any atom is -0.309 e. The van der Waals surface area contributed by atoms with Gasteiger partial charge in [-0.1, -0.05) is 38.2 Å². The third-order valence-electron chi connectivity index (χ3n) is 3.13. The molecule has 1 unspecified atom stereocenters. The average molecular weight is 290 g/mol. The molecule has 1 atom stereocenters. The van der Waals surface area contributed by atoms with Crippen molar-refractivity contribution in [1.29, 1.82) is 0 Å². The van der Waals surface area contributed by atoms with E-state index in [0.717, 1.165) is 24.4 Å². The van der Waals surface area contributed by atoms with Crippen LogP contribution in [0.15, 0.2) is 24.4 Å². The third-order valence-corrected chi connectivity index (χ3v) is 3.97. The fourth-order valence-electron chi connectivity index (χ4n) is 2.18. The first-order valence-electron chi connectivity index (χ1n) is 6.98. The van der Waals surface area contributed by atoms with Crippen molar-refractivity contribution in [2.24, 2.45) is 0 Å². The number of rotatable bonds is 5. The van der Waals surface area contributed by atoms with Crippen molar-refractivity contribution in [3.63, 3.8) is 0 Å². The first-order chi connectivity index (χ1) is 9.52. The van der Waals surface area contributed by atoms with Crippen molar-refractivity contribution >= 4 is 11.5 Å². The van der Waals surface area contributed by atoms with Gasteiger partial charge in [0.05, 0.1) is 16.6 Å². The number of nitrogens with zero attached hydrogens (tertiary/aromatic N) is 3. The first kappa shape index (κ1) is 15.1. The van der Waals surface area contributed by atoms with Gasteiger partial charge in [-0.15, -0.1) is 5.10 Å². The van der Waals surface area contributed by atoms with E-state index in [0.29, 0.717) is 0 Å². The van der Waals surface area contributed by atoms with Gasteiger partial charge in [0.2, 0.25) is 0 Å². The van der Waals surface area contributed by atoms with E-state index in [1.54, 1.807) is 0 Å². The predicted molar refractivity (Wildman–Crippen MR) is 83.0 cm³/mol. The zero-order valence-electron chi connectivity index (χ0n) is 12.6. The Morgan fingerprint density at radius 3 is 2.70 bits per heavy atom. The number of hydrogen-bond acceptors (Lipinski definition) is 5. The summed E-state index contributed by atoms with van der Waals surface area (Å²) in [5, 5.41) is 7.88. The highest BCUT2D eigenvalue weighted by molar-refractivity contribution is 7.05. The lowest BCUT2D eigenvalue weighted by Crippen LogP contribution is -2.26. The fourth-order valence-corrected chi connectivity index (χ4v) is 3.12. The summed E-state index contributed by atoms with van der Waals surface area (Å²) in [6, 6.07) is 6.26. The van der Waals surface area contributed by atoms with Crippen LogP contribution in [0.1, 0.15) is 50.0 Å². The summed E-state index contributed by atoms with van der Waals surface area (Å²) in [4.78, 5) is 5.65. The summed E-state index contributed by atoms with van der Waals surface area (Å²) in [5.41, 5.74) is 2.19. The molecule has 0 saturated heterocycles. The Morgan fingerprint density at radius 1 is 1.30 bits per heavy atom. The first-order valence-corrected chi connectivity index (χ1v) is 7.75. The lowest BCUT2D eigenvalue weighted by Gasteiger charge is -2.22. The van der Waals surface area contributed by atoms with Crippen LogP contribution < -0.4 is 5.32 Å². The Kier molecular flexibility index (Phi) is 4.83. The van der Waals surface area contributed by atoms with Crippen molar-refractivity contribution < 1.29 is 0 Å². The molecule has 2 aromatic rings. The Labute approximate surface area is 124 Å². The predicted octanol–water partition coefficient (Wildman–Crippen LogP) is 3.12. The van der Waals surface area contributed by atoms with Gasteiger partial charge in [-0.05, 0) is 30.2 Å².